The van der Waals surface area contributed by atoms with Crippen molar-refractivity contribution >= 4 is 17.0 Å². The topological polar surface area (TPSA) is 29.5 Å². The quantitative estimate of drug-likeness (QED) is 0.629. The first kappa shape index (κ1) is 10.4. The lowest BCUT2D eigenvalue weighted by Gasteiger charge is -1.91. The largest absolute Gasteiger partial charge is 0.394 e. The zero-order valence-electron chi connectivity index (χ0n) is 4.39. The SMILES string of the molecule is Br.CCOCCO. The van der Waals surface area contributed by atoms with Gasteiger partial charge in [-0.15, -0.1) is 17.0 Å². The summed E-state index contributed by atoms with van der Waals surface area (Å²) in [6.07, 6.45) is 0. The van der Waals surface area contributed by atoms with Gasteiger partial charge in [-0.05, 0) is 6.92 Å². The van der Waals surface area contributed by atoms with Gasteiger partial charge < -0.3 is 9.84 Å². The maximum atomic E-state index is 8.07. The minimum absolute atomic E-state index is 0. The molecule has 46 valence electrons. The fourth-order valence-corrected chi connectivity index (χ4v) is 0.209. The lowest BCUT2D eigenvalue weighted by atomic mass is 10.8. The van der Waals surface area contributed by atoms with Crippen LogP contribution < -0.4 is 0 Å². The first-order valence-electron chi connectivity index (χ1n) is 2.10. The average molecular weight is 171 g/mol. The van der Waals surface area contributed by atoms with E-state index in [9.17, 15) is 0 Å². The summed E-state index contributed by atoms with van der Waals surface area (Å²) in [5.41, 5.74) is 0. The molecule has 2 nitrogen and oxygen atoms in total. The number of halogens is 1. The Kier molecular flexibility index (Phi) is 14.3. The van der Waals surface area contributed by atoms with E-state index in [1.807, 2.05) is 6.92 Å². The van der Waals surface area contributed by atoms with Gasteiger partial charge in [0.1, 0.15) is 0 Å². The van der Waals surface area contributed by atoms with Crippen LogP contribution in [0.25, 0.3) is 0 Å². The second-order valence-electron chi connectivity index (χ2n) is 0.921. The molecule has 0 rings (SSSR count). The molecule has 0 heterocycles. The number of hydrogen-bond acceptors (Lipinski definition) is 2. The minimum Gasteiger partial charge on any atom is -0.394 e. The third kappa shape index (κ3) is 10.7. The van der Waals surface area contributed by atoms with Gasteiger partial charge in [-0.3, -0.25) is 0 Å². The lowest BCUT2D eigenvalue weighted by molar-refractivity contribution is 0.102. The van der Waals surface area contributed by atoms with E-state index < -0.39 is 0 Å². The van der Waals surface area contributed by atoms with E-state index >= 15 is 0 Å². The fourth-order valence-electron chi connectivity index (χ4n) is 0.209. The van der Waals surface area contributed by atoms with Gasteiger partial charge in [-0.25, -0.2) is 0 Å². The average Bonchev–Trinajstić information content (AvgIpc) is 1.61. The van der Waals surface area contributed by atoms with Crippen molar-refractivity contribution in [3.63, 3.8) is 0 Å². The van der Waals surface area contributed by atoms with Crippen molar-refractivity contribution in [2.24, 2.45) is 0 Å². The van der Waals surface area contributed by atoms with Crippen LogP contribution in [0.4, 0.5) is 0 Å². The molecule has 0 bridgehead atoms. The Bertz CT molecular complexity index is 21.7. The number of ether oxygens (including phenoxy) is 1. The Hall–Kier alpha value is 0.400. The Balaban J connectivity index is 0. The third-order valence-electron chi connectivity index (χ3n) is 0.440. The van der Waals surface area contributed by atoms with Gasteiger partial charge in [-0.2, -0.15) is 0 Å². The molecule has 0 saturated heterocycles. The highest BCUT2D eigenvalue weighted by molar-refractivity contribution is 8.93. The normalized spacial score (nSPS) is 7.71. The Morgan fingerprint density at radius 3 is 2.29 bits per heavy atom. The van der Waals surface area contributed by atoms with Crippen molar-refractivity contribution in [1.29, 1.82) is 0 Å². The summed E-state index contributed by atoms with van der Waals surface area (Å²) in [6.45, 7) is 3.20. The van der Waals surface area contributed by atoms with Crippen molar-refractivity contribution in [3.05, 3.63) is 0 Å². The smallest absolute Gasteiger partial charge is 0.0697 e. The molecule has 0 aromatic carbocycles. The third-order valence-corrected chi connectivity index (χ3v) is 0.440. The Morgan fingerprint density at radius 1 is 1.57 bits per heavy atom. The van der Waals surface area contributed by atoms with Crippen LogP contribution in [0.5, 0.6) is 0 Å². The van der Waals surface area contributed by atoms with E-state index in [2.05, 4.69) is 0 Å². The first-order valence-corrected chi connectivity index (χ1v) is 2.10. The van der Waals surface area contributed by atoms with Crippen LogP contribution in [0.3, 0.4) is 0 Å². The summed E-state index contributed by atoms with van der Waals surface area (Å²) in [5, 5.41) is 8.07. The predicted octanol–water partition coefficient (Wildman–Crippen LogP) is 0.593. The van der Waals surface area contributed by atoms with Crippen molar-refractivity contribution < 1.29 is 9.84 Å². The van der Waals surface area contributed by atoms with Crippen molar-refractivity contribution in [1.82, 2.24) is 0 Å². The molecule has 7 heavy (non-hydrogen) atoms. The zero-order valence-corrected chi connectivity index (χ0v) is 6.10. The van der Waals surface area contributed by atoms with E-state index in [0.717, 1.165) is 0 Å². The van der Waals surface area contributed by atoms with Crippen LogP contribution >= 0.6 is 17.0 Å². The van der Waals surface area contributed by atoms with Gasteiger partial charge in [-0.1, -0.05) is 0 Å². The summed E-state index contributed by atoms with van der Waals surface area (Å²) >= 11 is 0. The van der Waals surface area contributed by atoms with E-state index in [1.54, 1.807) is 0 Å². The second kappa shape index (κ2) is 9.64. The van der Waals surface area contributed by atoms with Crippen LogP contribution in [-0.2, 0) is 4.74 Å². The van der Waals surface area contributed by atoms with Crippen LogP contribution in [-0.4, -0.2) is 24.9 Å². The molecule has 0 fully saturated rings. The Labute approximate surface area is 54.3 Å². The van der Waals surface area contributed by atoms with Gasteiger partial charge in [0.2, 0.25) is 0 Å². The minimum atomic E-state index is 0. The molecule has 0 radical (unpaired) electrons. The molecule has 0 aliphatic rings. The summed E-state index contributed by atoms with van der Waals surface area (Å²) in [4.78, 5) is 0. The molecule has 0 atom stereocenters. The van der Waals surface area contributed by atoms with E-state index in [1.165, 1.54) is 0 Å². The van der Waals surface area contributed by atoms with Gasteiger partial charge in [0.05, 0.1) is 13.2 Å². The van der Waals surface area contributed by atoms with Crippen molar-refractivity contribution in [2.45, 2.75) is 6.92 Å². The highest BCUT2D eigenvalue weighted by Gasteiger charge is 1.73. The van der Waals surface area contributed by atoms with Gasteiger partial charge in [0, 0.05) is 6.61 Å². The van der Waals surface area contributed by atoms with E-state index in [-0.39, 0.29) is 23.6 Å². The molecule has 0 saturated carbocycles. The summed E-state index contributed by atoms with van der Waals surface area (Å²) < 4.78 is 4.73. The molecule has 0 amide bonds. The Morgan fingerprint density at radius 2 is 2.14 bits per heavy atom. The van der Waals surface area contributed by atoms with Crippen molar-refractivity contribution in [3.8, 4) is 0 Å². The number of aliphatic hydroxyl groups is 1. The second-order valence-corrected chi connectivity index (χ2v) is 0.921. The van der Waals surface area contributed by atoms with Gasteiger partial charge in [0.25, 0.3) is 0 Å². The molecule has 0 unspecified atom stereocenters. The fraction of sp³-hybridized carbons (Fsp3) is 1.00. The lowest BCUT2D eigenvalue weighted by Crippen LogP contribution is -1.96. The van der Waals surface area contributed by atoms with Crippen LogP contribution in [0.2, 0.25) is 0 Å². The molecule has 0 aliphatic carbocycles. The van der Waals surface area contributed by atoms with Crippen LogP contribution in [0, 0.1) is 0 Å². The predicted molar refractivity (Wildman–Crippen MR) is 33.9 cm³/mol. The highest BCUT2D eigenvalue weighted by atomic mass is 79.9. The molecule has 0 aromatic rings. The monoisotopic (exact) mass is 170 g/mol. The highest BCUT2D eigenvalue weighted by Crippen LogP contribution is 1.66. The molecule has 3 heteroatoms. The molecule has 1 N–H and O–H groups in total. The van der Waals surface area contributed by atoms with Gasteiger partial charge >= 0.3 is 0 Å². The molecule has 0 aromatic heterocycles. The molecular formula is C4H11BrO2. The van der Waals surface area contributed by atoms with E-state index in [0.29, 0.717) is 13.2 Å². The zero-order chi connectivity index (χ0) is 4.83. The summed E-state index contributed by atoms with van der Waals surface area (Å²) in [6, 6.07) is 0. The van der Waals surface area contributed by atoms with Crippen LogP contribution in [0.1, 0.15) is 6.92 Å². The maximum absolute atomic E-state index is 8.07. The number of rotatable bonds is 3. The van der Waals surface area contributed by atoms with E-state index in [4.69, 9.17) is 9.84 Å². The van der Waals surface area contributed by atoms with Crippen molar-refractivity contribution in [2.75, 3.05) is 19.8 Å². The molecular weight excluding hydrogens is 160 g/mol. The number of hydrogen-bond donors (Lipinski definition) is 1. The standard InChI is InChI=1S/C4H10O2.BrH/c1-2-6-4-3-5;/h5H,2-4H2,1H3;1H. The molecule has 0 aliphatic heterocycles. The number of aliphatic hydroxyl groups excluding tert-OH is 1. The van der Waals surface area contributed by atoms with Gasteiger partial charge in [0.15, 0.2) is 0 Å². The molecule has 0 spiro atoms. The summed E-state index contributed by atoms with van der Waals surface area (Å²) in [5.74, 6) is 0. The summed E-state index contributed by atoms with van der Waals surface area (Å²) in [7, 11) is 0. The maximum Gasteiger partial charge on any atom is 0.0697 e. The van der Waals surface area contributed by atoms with Crippen LogP contribution in [0.15, 0.2) is 0 Å². The first-order chi connectivity index (χ1) is 2.91.